The van der Waals surface area contributed by atoms with E-state index in [-0.39, 0.29) is 6.42 Å². The topological polar surface area (TPSA) is 74.6 Å². The third kappa shape index (κ3) is 5.00. The van der Waals surface area contributed by atoms with Gasteiger partial charge in [-0.05, 0) is 12.8 Å². The quantitative estimate of drug-likeness (QED) is 0.487. The van der Waals surface area contributed by atoms with Gasteiger partial charge < -0.3 is 10.2 Å². The fraction of sp³-hybridized carbons (Fsp3) is 0.556. The summed E-state index contributed by atoms with van der Waals surface area (Å²) < 4.78 is 0. The minimum absolute atomic E-state index is 0.0602. The Bertz CT molecular complexity index is 194. The minimum Gasteiger partial charge on any atom is -0.481 e. The highest BCUT2D eigenvalue weighted by Gasteiger charge is 2.23. The van der Waals surface area contributed by atoms with Gasteiger partial charge in [-0.2, -0.15) is 0 Å². The highest BCUT2D eigenvalue weighted by atomic mass is 16.4. The highest BCUT2D eigenvalue weighted by Crippen LogP contribution is 2.05. The Morgan fingerprint density at radius 2 is 1.77 bits per heavy atom. The highest BCUT2D eigenvalue weighted by molar-refractivity contribution is 5.92. The van der Waals surface area contributed by atoms with Crippen LogP contribution >= 0.6 is 0 Å². The summed E-state index contributed by atoms with van der Waals surface area (Å²) in [5.74, 6) is -3.88. The van der Waals surface area contributed by atoms with Crippen LogP contribution in [0.15, 0.2) is 12.2 Å². The van der Waals surface area contributed by atoms with Crippen molar-refractivity contribution in [2.75, 3.05) is 0 Å². The molecule has 0 heterocycles. The van der Waals surface area contributed by atoms with Gasteiger partial charge in [-0.15, -0.1) is 0 Å². The zero-order valence-corrected chi connectivity index (χ0v) is 7.56. The number of rotatable bonds is 6. The molecule has 4 nitrogen and oxygen atoms in total. The number of carboxylic acids is 2. The van der Waals surface area contributed by atoms with Crippen LogP contribution in [0.5, 0.6) is 0 Å². The number of aliphatic carboxylic acids is 2. The summed E-state index contributed by atoms with van der Waals surface area (Å²) in [5.41, 5.74) is 0. The maximum atomic E-state index is 10.4. The molecule has 0 aromatic carbocycles. The molecule has 0 rings (SSSR count). The van der Waals surface area contributed by atoms with Gasteiger partial charge in [0.25, 0.3) is 0 Å². The summed E-state index contributed by atoms with van der Waals surface area (Å²) in [6, 6.07) is 0. The van der Waals surface area contributed by atoms with E-state index in [1.807, 2.05) is 6.92 Å². The zero-order valence-electron chi connectivity index (χ0n) is 7.56. The monoisotopic (exact) mass is 186 g/mol. The molecule has 0 aliphatic rings. The lowest BCUT2D eigenvalue weighted by Gasteiger charge is -2.02. The molecule has 0 aliphatic heterocycles. The van der Waals surface area contributed by atoms with Gasteiger partial charge in [0.2, 0.25) is 0 Å². The van der Waals surface area contributed by atoms with E-state index in [2.05, 4.69) is 0 Å². The maximum absolute atomic E-state index is 10.4. The molecule has 0 unspecified atom stereocenters. The average molecular weight is 186 g/mol. The first-order valence-electron chi connectivity index (χ1n) is 4.20. The third-order valence-corrected chi connectivity index (χ3v) is 1.59. The van der Waals surface area contributed by atoms with Gasteiger partial charge in [0, 0.05) is 0 Å². The van der Waals surface area contributed by atoms with Crippen LogP contribution in [0.1, 0.15) is 26.2 Å². The Kier molecular flexibility index (Phi) is 5.59. The van der Waals surface area contributed by atoms with Gasteiger partial charge in [0.15, 0.2) is 5.92 Å². The van der Waals surface area contributed by atoms with Gasteiger partial charge in [-0.25, -0.2) is 0 Å². The lowest BCUT2D eigenvalue weighted by molar-refractivity contribution is -0.154. The predicted octanol–water partition coefficient (Wildman–Crippen LogP) is 1.52. The van der Waals surface area contributed by atoms with Crippen molar-refractivity contribution in [3.8, 4) is 0 Å². The fourth-order valence-corrected chi connectivity index (χ4v) is 0.824. The molecule has 13 heavy (non-hydrogen) atoms. The fourth-order valence-electron chi connectivity index (χ4n) is 0.824. The van der Waals surface area contributed by atoms with Crippen molar-refractivity contribution in [3.05, 3.63) is 12.2 Å². The average Bonchev–Trinajstić information content (AvgIpc) is 2.02. The van der Waals surface area contributed by atoms with E-state index in [0.717, 1.165) is 12.8 Å². The van der Waals surface area contributed by atoms with E-state index in [0.29, 0.717) is 0 Å². The Morgan fingerprint density at radius 3 is 2.15 bits per heavy atom. The molecule has 0 atom stereocenters. The summed E-state index contributed by atoms with van der Waals surface area (Å²) in [6.45, 7) is 2.00. The van der Waals surface area contributed by atoms with E-state index in [1.54, 1.807) is 12.2 Å². The SMILES string of the molecule is CCC/C=C/CC(C(=O)O)C(=O)O. The van der Waals surface area contributed by atoms with Crippen molar-refractivity contribution in [2.24, 2.45) is 5.92 Å². The number of unbranched alkanes of at least 4 members (excludes halogenated alkanes) is 1. The van der Waals surface area contributed by atoms with Crippen LogP contribution < -0.4 is 0 Å². The molecule has 0 saturated carbocycles. The van der Waals surface area contributed by atoms with Crippen LogP contribution in [0.3, 0.4) is 0 Å². The molecule has 0 saturated heterocycles. The van der Waals surface area contributed by atoms with Crippen LogP contribution in [0.4, 0.5) is 0 Å². The molecule has 74 valence electrons. The van der Waals surface area contributed by atoms with E-state index in [1.165, 1.54) is 0 Å². The Morgan fingerprint density at radius 1 is 1.23 bits per heavy atom. The molecule has 0 fully saturated rings. The maximum Gasteiger partial charge on any atom is 0.318 e. The van der Waals surface area contributed by atoms with Crippen LogP contribution in [0.25, 0.3) is 0 Å². The normalized spacial score (nSPS) is 10.9. The van der Waals surface area contributed by atoms with Gasteiger partial charge >= 0.3 is 11.9 Å². The van der Waals surface area contributed by atoms with Crippen LogP contribution in [-0.2, 0) is 9.59 Å². The van der Waals surface area contributed by atoms with Crippen LogP contribution in [0, 0.1) is 5.92 Å². The largest absolute Gasteiger partial charge is 0.481 e. The molecule has 0 aromatic rings. The molecule has 0 aliphatic carbocycles. The first-order valence-corrected chi connectivity index (χ1v) is 4.20. The molecule has 2 N–H and O–H groups in total. The molecular formula is C9H14O4. The molecular weight excluding hydrogens is 172 g/mol. The summed E-state index contributed by atoms with van der Waals surface area (Å²) >= 11 is 0. The second-order valence-electron chi connectivity index (χ2n) is 2.72. The Balaban J connectivity index is 3.97. The predicted molar refractivity (Wildman–Crippen MR) is 47.4 cm³/mol. The standard InChI is InChI=1S/C9H14O4/c1-2-3-4-5-6-7(8(10)11)9(12)13/h4-5,7H,2-3,6H2,1H3,(H,10,11)(H,12,13)/b5-4+. The van der Waals surface area contributed by atoms with Crippen molar-refractivity contribution in [2.45, 2.75) is 26.2 Å². The van der Waals surface area contributed by atoms with E-state index in [4.69, 9.17) is 10.2 Å². The second kappa shape index (κ2) is 6.22. The number of hydrogen-bond acceptors (Lipinski definition) is 2. The first-order chi connectivity index (χ1) is 6.09. The Hall–Kier alpha value is -1.32. The number of carbonyl (C=O) groups is 2. The van der Waals surface area contributed by atoms with E-state index >= 15 is 0 Å². The van der Waals surface area contributed by atoms with Crippen LogP contribution in [-0.4, -0.2) is 22.2 Å². The van der Waals surface area contributed by atoms with Crippen molar-refractivity contribution >= 4 is 11.9 Å². The minimum atomic E-state index is -1.31. The number of carboxylic acid groups (broad SMARTS) is 2. The first kappa shape index (κ1) is 11.7. The van der Waals surface area contributed by atoms with Crippen molar-refractivity contribution in [1.29, 1.82) is 0 Å². The van der Waals surface area contributed by atoms with Crippen molar-refractivity contribution in [1.82, 2.24) is 0 Å². The summed E-state index contributed by atoms with van der Waals surface area (Å²) in [5, 5.41) is 17.0. The summed E-state index contributed by atoms with van der Waals surface area (Å²) in [4.78, 5) is 20.8. The second-order valence-corrected chi connectivity index (χ2v) is 2.72. The zero-order chi connectivity index (χ0) is 10.3. The van der Waals surface area contributed by atoms with Gasteiger partial charge in [0.1, 0.15) is 0 Å². The van der Waals surface area contributed by atoms with Gasteiger partial charge in [-0.3, -0.25) is 9.59 Å². The molecule has 4 heteroatoms. The summed E-state index contributed by atoms with van der Waals surface area (Å²) in [7, 11) is 0. The molecule has 0 radical (unpaired) electrons. The molecule has 0 amide bonds. The summed E-state index contributed by atoms with van der Waals surface area (Å²) in [6.07, 6.45) is 5.30. The lowest BCUT2D eigenvalue weighted by Crippen LogP contribution is -2.22. The van der Waals surface area contributed by atoms with Crippen molar-refractivity contribution < 1.29 is 19.8 Å². The molecule has 0 spiro atoms. The van der Waals surface area contributed by atoms with Crippen molar-refractivity contribution in [3.63, 3.8) is 0 Å². The third-order valence-electron chi connectivity index (χ3n) is 1.59. The molecule has 0 bridgehead atoms. The Labute approximate surface area is 76.9 Å². The lowest BCUT2D eigenvalue weighted by atomic mass is 10.1. The van der Waals surface area contributed by atoms with E-state index in [9.17, 15) is 9.59 Å². The van der Waals surface area contributed by atoms with Crippen LogP contribution in [0.2, 0.25) is 0 Å². The molecule has 0 aromatic heterocycles. The van der Waals surface area contributed by atoms with Gasteiger partial charge in [0.05, 0.1) is 0 Å². The van der Waals surface area contributed by atoms with E-state index < -0.39 is 17.9 Å². The van der Waals surface area contributed by atoms with Gasteiger partial charge in [-0.1, -0.05) is 25.5 Å². The number of hydrogen-bond donors (Lipinski definition) is 2. The number of allylic oxidation sites excluding steroid dienone is 2. The smallest absolute Gasteiger partial charge is 0.318 e.